The van der Waals surface area contributed by atoms with Crippen LogP contribution in [0.5, 0.6) is 0 Å². The molecule has 1 amide bonds. The van der Waals surface area contributed by atoms with Crippen LogP contribution in [0.2, 0.25) is 0 Å². The van der Waals surface area contributed by atoms with Crippen molar-refractivity contribution in [1.82, 2.24) is 24.6 Å². The smallest absolute Gasteiger partial charge is 0.242 e. The van der Waals surface area contributed by atoms with Gasteiger partial charge < -0.3 is 9.80 Å². The van der Waals surface area contributed by atoms with Crippen LogP contribution in [0.25, 0.3) is 11.3 Å². The molecule has 3 aromatic rings. The first-order valence-electron chi connectivity index (χ1n) is 9.84. The molecule has 1 saturated heterocycles. The zero-order chi connectivity index (χ0) is 20.5. The van der Waals surface area contributed by atoms with E-state index < -0.39 is 0 Å². The van der Waals surface area contributed by atoms with Crippen molar-refractivity contribution in [2.45, 2.75) is 27.3 Å². The zero-order valence-electron chi connectivity index (χ0n) is 17.4. The van der Waals surface area contributed by atoms with E-state index in [0.717, 1.165) is 28.2 Å². The molecule has 1 aliphatic heterocycles. The molecule has 7 nitrogen and oxygen atoms in total. The molecule has 1 aromatic carbocycles. The van der Waals surface area contributed by atoms with Gasteiger partial charge in [0.2, 0.25) is 11.9 Å². The first-order valence-corrected chi connectivity index (χ1v) is 9.84. The van der Waals surface area contributed by atoms with Gasteiger partial charge in [0.15, 0.2) is 0 Å². The second kappa shape index (κ2) is 7.66. The van der Waals surface area contributed by atoms with Gasteiger partial charge in [-0.05, 0) is 32.4 Å². The van der Waals surface area contributed by atoms with Crippen LogP contribution in [0.4, 0.5) is 5.95 Å². The predicted molar refractivity (Wildman–Crippen MR) is 113 cm³/mol. The number of hydrogen-bond donors (Lipinski definition) is 0. The van der Waals surface area contributed by atoms with E-state index in [1.54, 1.807) is 6.20 Å². The highest BCUT2D eigenvalue weighted by atomic mass is 16.2. The minimum atomic E-state index is 0.0977. The van der Waals surface area contributed by atoms with Gasteiger partial charge in [0, 0.05) is 44.1 Å². The van der Waals surface area contributed by atoms with Gasteiger partial charge in [-0.25, -0.2) is 9.97 Å². The number of benzene rings is 1. The topological polar surface area (TPSA) is 67.2 Å². The predicted octanol–water partition coefficient (Wildman–Crippen LogP) is 2.65. The lowest BCUT2D eigenvalue weighted by molar-refractivity contribution is -0.131. The van der Waals surface area contributed by atoms with Gasteiger partial charge in [0.1, 0.15) is 6.54 Å². The molecule has 0 radical (unpaired) electrons. The molecule has 150 valence electrons. The second-order valence-corrected chi connectivity index (χ2v) is 7.64. The highest BCUT2D eigenvalue weighted by molar-refractivity contribution is 5.82. The largest absolute Gasteiger partial charge is 0.335 e. The van der Waals surface area contributed by atoms with Crippen molar-refractivity contribution in [3.05, 3.63) is 59.0 Å². The van der Waals surface area contributed by atoms with Crippen LogP contribution < -0.4 is 4.90 Å². The Hall–Kier alpha value is -3.22. The Labute approximate surface area is 171 Å². The van der Waals surface area contributed by atoms with Crippen molar-refractivity contribution in [3.8, 4) is 11.3 Å². The van der Waals surface area contributed by atoms with Crippen LogP contribution in [-0.4, -0.2) is 50.2 Å². The summed E-state index contributed by atoms with van der Waals surface area (Å²) in [6.07, 6.45) is 1.76. The number of rotatable bonds is 4. The molecule has 2 aromatic heterocycles. The minimum Gasteiger partial charge on any atom is -0.335 e. The Balaban J connectivity index is 1.50. The Morgan fingerprint density at radius 3 is 2.62 bits per heavy atom. The summed E-state index contributed by atoms with van der Waals surface area (Å²) in [6.45, 7) is 8.39. The van der Waals surface area contributed by atoms with Gasteiger partial charge >= 0.3 is 0 Å². The van der Waals surface area contributed by atoms with Crippen molar-refractivity contribution in [1.29, 1.82) is 0 Å². The fraction of sp³-hybridized carbons (Fsp3) is 0.364. The number of carbonyl (C=O) groups excluding carboxylic acids is 1. The number of amides is 1. The van der Waals surface area contributed by atoms with Crippen LogP contribution in [0, 0.1) is 20.8 Å². The molecule has 3 heterocycles. The number of carbonyl (C=O) groups is 1. The summed E-state index contributed by atoms with van der Waals surface area (Å²) in [4.78, 5) is 25.8. The molecule has 0 unspecified atom stereocenters. The third kappa shape index (κ3) is 3.85. The van der Waals surface area contributed by atoms with Crippen molar-refractivity contribution in [2.75, 3.05) is 24.5 Å². The molecule has 7 heteroatoms. The molecule has 1 aliphatic rings. The van der Waals surface area contributed by atoms with Gasteiger partial charge in [0.05, 0.1) is 11.4 Å². The Bertz CT molecular complexity index is 1060. The average molecular weight is 390 g/mol. The lowest BCUT2D eigenvalue weighted by Crippen LogP contribution is -2.50. The maximum Gasteiger partial charge on any atom is 0.242 e. The quantitative estimate of drug-likeness (QED) is 0.685. The second-order valence-electron chi connectivity index (χ2n) is 7.64. The molecule has 0 spiro atoms. The van der Waals surface area contributed by atoms with Gasteiger partial charge in [-0.2, -0.15) is 5.10 Å². The first-order chi connectivity index (χ1) is 13.9. The van der Waals surface area contributed by atoms with Crippen LogP contribution >= 0.6 is 0 Å². The Morgan fingerprint density at radius 2 is 1.93 bits per heavy atom. The maximum absolute atomic E-state index is 12.7. The van der Waals surface area contributed by atoms with Crippen LogP contribution in [0.3, 0.4) is 0 Å². The van der Waals surface area contributed by atoms with Gasteiger partial charge in [-0.3, -0.25) is 9.48 Å². The Morgan fingerprint density at radius 1 is 1.10 bits per heavy atom. The molecular formula is C22H26N6O. The number of hydrogen-bond acceptors (Lipinski definition) is 5. The van der Waals surface area contributed by atoms with E-state index in [1.165, 1.54) is 5.56 Å². The fourth-order valence-corrected chi connectivity index (χ4v) is 3.86. The van der Waals surface area contributed by atoms with E-state index in [2.05, 4.69) is 35.2 Å². The third-order valence-corrected chi connectivity index (χ3v) is 5.47. The lowest BCUT2D eigenvalue weighted by atomic mass is 10.1. The number of nitrogens with zero attached hydrogens (tertiary/aromatic N) is 6. The molecule has 0 atom stereocenters. The fourth-order valence-electron chi connectivity index (χ4n) is 3.86. The number of piperazine rings is 1. The highest BCUT2D eigenvalue weighted by Crippen LogP contribution is 2.26. The number of anilines is 1. The van der Waals surface area contributed by atoms with Gasteiger partial charge in [-0.1, -0.05) is 29.8 Å². The highest BCUT2D eigenvalue weighted by Gasteiger charge is 2.26. The van der Waals surface area contributed by atoms with Crippen molar-refractivity contribution >= 4 is 11.9 Å². The summed E-state index contributed by atoms with van der Waals surface area (Å²) in [5.41, 5.74) is 6.24. The van der Waals surface area contributed by atoms with E-state index in [9.17, 15) is 4.79 Å². The molecule has 0 bridgehead atoms. The molecule has 0 saturated carbocycles. The lowest BCUT2D eigenvalue weighted by Gasteiger charge is -2.34. The van der Waals surface area contributed by atoms with Crippen LogP contribution in [0.15, 0.2) is 36.5 Å². The van der Waals surface area contributed by atoms with E-state index in [0.29, 0.717) is 32.1 Å². The standard InChI is InChI=1S/C22H26N6O/c1-15-6-5-7-18(12-15)13-27-10-11-28(14-20(27)29)22-23-9-8-19(24-22)21-16(2)25-26(4)17(21)3/h5-9,12H,10-11,13-14H2,1-4H3. The summed E-state index contributed by atoms with van der Waals surface area (Å²) >= 11 is 0. The van der Waals surface area contributed by atoms with Crippen LogP contribution in [0.1, 0.15) is 22.5 Å². The monoisotopic (exact) mass is 390 g/mol. The molecule has 29 heavy (non-hydrogen) atoms. The van der Waals surface area contributed by atoms with E-state index in [4.69, 9.17) is 4.98 Å². The summed E-state index contributed by atoms with van der Waals surface area (Å²) in [5, 5.41) is 4.48. The van der Waals surface area contributed by atoms with Crippen molar-refractivity contribution in [2.24, 2.45) is 7.05 Å². The molecule has 0 N–H and O–H groups in total. The normalized spacial score (nSPS) is 14.6. The summed E-state index contributed by atoms with van der Waals surface area (Å²) in [6, 6.07) is 10.2. The third-order valence-electron chi connectivity index (χ3n) is 5.47. The average Bonchev–Trinajstić information content (AvgIpc) is 2.95. The first kappa shape index (κ1) is 19.1. The zero-order valence-corrected chi connectivity index (χ0v) is 17.4. The maximum atomic E-state index is 12.7. The molecule has 4 rings (SSSR count). The summed E-state index contributed by atoms with van der Waals surface area (Å²) < 4.78 is 1.86. The van der Waals surface area contributed by atoms with Crippen molar-refractivity contribution in [3.63, 3.8) is 0 Å². The summed E-state index contributed by atoms with van der Waals surface area (Å²) in [5.74, 6) is 0.689. The van der Waals surface area contributed by atoms with E-state index in [-0.39, 0.29) is 5.91 Å². The van der Waals surface area contributed by atoms with Crippen molar-refractivity contribution < 1.29 is 4.79 Å². The van der Waals surface area contributed by atoms with E-state index >= 15 is 0 Å². The van der Waals surface area contributed by atoms with Gasteiger partial charge in [-0.15, -0.1) is 0 Å². The number of aryl methyl sites for hydroxylation is 3. The SMILES string of the molecule is Cc1cccc(CN2CCN(c3nccc(-c4c(C)nn(C)c4C)n3)CC2=O)c1. The molecule has 0 aliphatic carbocycles. The van der Waals surface area contributed by atoms with Crippen LogP contribution in [-0.2, 0) is 18.4 Å². The Kier molecular flexibility index (Phi) is 5.05. The van der Waals surface area contributed by atoms with Gasteiger partial charge in [0.25, 0.3) is 0 Å². The van der Waals surface area contributed by atoms with E-state index in [1.807, 2.05) is 47.5 Å². The molecular weight excluding hydrogens is 364 g/mol. The molecule has 1 fully saturated rings. The number of aromatic nitrogens is 4. The minimum absolute atomic E-state index is 0.0977. The summed E-state index contributed by atoms with van der Waals surface area (Å²) in [7, 11) is 1.93.